The van der Waals surface area contributed by atoms with E-state index in [1.165, 1.54) is 0 Å². The molecule has 0 aliphatic heterocycles. The summed E-state index contributed by atoms with van der Waals surface area (Å²) in [5.41, 5.74) is -0.264. The first-order valence-corrected chi connectivity index (χ1v) is 5.58. The lowest BCUT2D eigenvalue weighted by atomic mass is 9.56. The number of hydrogen-bond acceptors (Lipinski definition) is 3. The molecule has 0 aromatic carbocycles. The number of carbonyl (C=O) groups excluding carboxylic acids is 1. The maximum atomic E-state index is 11.4. The van der Waals surface area contributed by atoms with E-state index >= 15 is 0 Å². The second kappa shape index (κ2) is 4.59. The van der Waals surface area contributed by atoms with Gasteiger partial charge in [-0.15, -0.1) is 0 Å². The Hall–Kier alpha value is -0.810. The maximum absolute atomic E-state index is 11.4. The van der Waals surface area contributed by atoms with Crippen molar-refractivity contribution < 1.29 is 14.6 Å². The van der Waals surface area contributed by atoms with Gasteiger partial charge in [0.15, 0.2) is 0 Å². The van der Waals surface area contributed by atoms with Crippen LogP contribution in [-0.4, -0.2) is 43.0 Å². The van der Waals surface area contributed by atoms with Crippen molar-refractivity contribution in [2.45, 2.75) is 38.8 Å². The molecule has 0 heterocycles. The number of rotatable bonds is 4. The van der Waals surface area contributed by atoms with Gasteiger partial charge in [0, 0.05) is 25.1 Å². The van der Waals surface area contributed by atoms with Gasteiger partial charge >= 0.3 is 6.03 Å². The summed E-state index contributed by atoms with van der Waals surface area (Å²) < 4.78 is 5.47. The molecule has 2 atom stereocenters. The van der Waals surface area contributed by atoms with E-state index in [1.54, 1.807) is 7.11 Å². The summed E-state index contributed by atoms with van der Waals surface area (Å²) in [6.45, 7) is 6.45. The highest BCUT2D eigenvalue weighted by Gasteiger charge is 2.58. The summed E-state index contributed by atoms with van der Waals surface area (Å²) >= 11 is 0. The van der Waals surface area contributed by atoms with Gasteiger partial charge in [0.05, 0.1) is 12.2 Å². The average Bonchev–Trinajstić information content (AvgIpc) is 2.25. The fourth-order valence-electron chi connectivity index (χ4n) is 2.10. The Labute approximate surface area is 96.6 Å². The van der Waals surface area contributed by atoms with Gasteiger partial charge in [0.2, 0.25) is 0 Å². The Bertz CT molecular complexity index is 268. The van der Waals surface area contributed by atoms with E-state index < -0.39 is 0 Å². The summed E-state index contributed by atoms with van der Waals surface area (Å²) in [5.74, 6) is 0. The van der Waals surface area contributed by atoms with Crippen LogP contribution < -0.4 is 10.6 Å². The van der Waals surface area contributed by atoms with Gasteiger partial charge in [-0.2, -0.15) is 0 Å². The molecule has 5 nitrogen and oxygen atoms in total. The molecule has 0 spiro atoms. The molecule has 0 aromatic rings. The summed E-state index contributed by atoms with van der Waals surface area (Å²) in [5, 5.41) is 14.0. The average molecular weight is 230 g/mol. The van der Waals surface area contributed by atoms with Crippen molar-refractivity contribution in [1.82, 2.24) is 10.6 Å². The number of amides is 2. The zero-order valence-electron chi connectivity index (χ0n) is 10.5. The number of urea groups is 1. The van der Waals surface area contributed by atoms with Crippen LogP contribution in [0.2, 0.25) is 0 Å². The number of carbonyl (C=O) groups is 1. The molecule has 0 bridgehead atoms. The van der Waals surface area contributed by atoms with Gasteiger partial charge in [-0.1, -0.05) is 13.8 Å². The van der Waals surface area contributed by atoms with Gasteiger partial charge in [-0.3, -0.25) is 0 Å². The van der Waals surface area contributed by atoms with Crippen molar-refractivity contribution >= 4 is 6.03 Å². The van der Waals surface area contributed by atoms with E-state index in [2.05, 4.69) is 31.4 Å². The van der Waals surface area contributed by atoms with Gasteiger partial charge < -0.3 is 20.5 Å². The second-order valence-corrected chi connectivity index (χ2v) is 5.04. The molecule has 1 aliphatic carbocycles. The van der Waals surface area contributed by atoms with Crippen molar-refractivity contribution in [2.75, 3.05) is 20.3 Å². The largest absolute Gasteiger partial charge is 0.395 e. The molecule has 0 aromatic heterocycles. The predicted molar refractivity (Wildman–Crippen MR) is 61.2 cm³/mol. The van der Waals surface area contributed by atoms with Crippen LogP contribution in [0.25, 0.3) is 0 Å². The van der Waals surface area contributed by atoms with Crippen LogP contribution in [0.5, 0.6) is 0 Å². The second-order valence-electron chi connectivity index (χ2n) is 5.04. The minimum atomic E-state index is -0.231. The fourth-order valence-corrected chi connectivity index (χ4v) is 2.10. The normalized spacial score (nSPS) is 31.7. The standard InChI is InChI=1S/C11H22N2O3/c1-10(2)8(7-11(10,3)16-4)13-9(15)12-5-6-14/h8,14H,5-7H2,1-4H3,(H2,12,13,15). The molecule has 1 aliphatic rings. The minimum absolute atomic E-state index is 0.0444. The third-order valence-electron chi connectivity index (χ3n) is 3.98. The highest BCUT2D eigenvalue weighted by Crippen LogP contribution is 2.51. The lowest BCUT2D eigenvalue weighted by Gasteiger charge is -2.59. The summed E-state index contributed by atoms with van der Waals surface area (Å²) in [4.78, 5) is 11.4. The number of nitrogens with one attached hydrogen (secondary N) is 2. The van der Waals surface area contributed by atoms with Crippen molar-refractivity contribution in [3.63, 3.8) is 0 Å². The zero-order valence-corrected chi connectivity index (χ0v) is 10.5. The zero-order chi connectivity index (χ0) is 12.4. The maximum Gasteiger partial charge on any atom is 0.315 e. The molecular weight excluding hydrogens is 208 g/mol. The molecule has 2 unspecified atom stereocenters. The van der Waals surface area contributed by atoms with Crippen LogP contribution in [0.4, 0.5) is 4.79 Å². The molecule has 2 amide bonds. The molecule has 5 heteroatoms. The third-order valence-corrected chi connectivity index (χ3v) is 3.98. The van der Waals surface area contributed by atoms with Crippen LogP contribution >= 0.6 is 0 Å². The van der Waals surface area contributed by atoms with Crippen LogP contribution in [0, 0.1) is 5.41 Å². The van der Waals surface area contributed by atoms with Crippen molar-refractivity contribution in [2.24, 2.45) is 5.41 Å². The van der Waals surface area contributed by atoms with Crippen molar-refractivity contribution in [3.05, 3.63) is 0 Å². The third kappa shape index (κ3) is 2.15. The highest BCUT2D eigenvalue weighted by molar-refractivity contribution is 5.74. The quantitative estimate of drug-likeness (QED) is 0.658. The topological polar surface area (TPSA) is 70.6 Å². The summed E-state index contributed by atoms with van der Waals surface area (Å²) in [6.07, 6.45) is 0.809. The number of methoxy groups -OCH3 is 1. The Morgan fingerprint density at radius 1 is 1.50 bits per heavy atom. The van der Waals surface area contributed by atoms with E-state index in [-0.39, 0.29) is 36.2 Å². The molecule has 1 saturated carbocycles. The van der Waals surface area contributed by atoms with E-state index in [0.717, 1.165) is 6.42 Å². The highest BCUT2D eigenvalue weighted by atomic mass is 16.5. The van der Waals surface area contributed by atoms with Crippen LogP contribution in [0.3, 0.4) is 0 Å². The van der Waals surface area contributed by atoms with E-state index in [0.29, 0.717) is 0 Å². The molecule has 16 heavy (non-hydrogen) atoms. The van der Waals surface area contributed by atoms with Gasteiger partial charge in [0.25, 0.3) is 0 Å². The molecule has 3 N–H and O–H groups in total. The number of hydrogen-bond donors (Lipinski definition) is 3. The minimum Gasteiger partial charge on any atom is -0.395 e. The molecular formula is C11H22N2O3. The smallest absolute Gasteiger partial charge is 0.315 e. The number of aliphatic hydroxyl groups excluding tert-OH is 1. The summed E-state index contributed by atoms with van der Waals surface area (Å²) in [7, 11) is 1.70. The molecule has 0 radical (unpaired) electrons. The van der Waals surface area contributed by atoms with E-state index in [1.807, 2.05) is 0 Å². The molecule has 1 rings (SSSR count). The van der Waals surface area contributed by atoms with Gasteiger partial charge in [-0.25, -0.2) is 4.79 Å². The van der Waals surface area contributed by atoms with E-state index in [9.17, 15) is 4.79 Å². The Kier molecular flexibility index (Phi) is 3.80. The molecule has 0 saturated heterocycles. The molecule has 1 fully saturated rings. The lowest BCUT2D eigenvalue weighted by molar-refractivity contribution is -0.177. The first kappa shape index (κ1) is 13.3. The molecule has 94 valence electrons. The Balaban J connectivity index is 2.45. The number of aliphatic hydroxyl groups is 1. The van der Waals surface area contributed by atoms with Gasteiger partial charge in [-0.05, 0) is 13.3 Å². The van der Waals surface area contributed by atoms with Crippen LogP contribution in [0.1, 0.15) is 27.2 Å². The van der Waals surface area contributed by atoms with Crippen LogP contribution in [0.15, 0.2) is 0 Å². The lowest BCUT2D eigenvalue weighted by Crippen LogP contribution is -2.69. The Morgan fingerprint density at radius 3 is 2.56 bits per heavy atom. The Morgan fingerprint density at radius 2 is 2.12 bits per heavy atom. The number of ether oxygens (including phenoxy) is 1. The van der Waals surface area contributed by atoms with E-state index in [4.69, 9.17) is 9.84 Å². The van der Waals surface area contributed by atoms with Gasteiger partial charge in [0.1, 0.15) is 0 Å². The summed E-state index contributed by atoms with van der Waals surface area (Å²) in [6, 6.07) is -0.124. The first-order valence-electron chi connectivity index (χ1n) is 5.58. The van der Waals surface area contributed by atoms with Crippen molar-refractivity contribution in [1.29, 1.82) is 0 Å². The predicted octanol–water partition coefficient (Wildman–Crippen LogP) is 0.481. The van der Waals surface area contributed by atoms with Crippen LogP contribution in [-0.2, 0) is 4.74 Å². The monoisotopic (exact) mass is 230 g/mol. The van der Waals surface area contributed by atoms with Crippen molar-refractivity contribution in [3.8, 4) is 0 Å². The first-order chi connectivity index (χ1) is 7.37. The SMILES string of the molecule is COC1(C)CC(NC(=O)NCCO)C1(C)C. The fraction of sp³-hybridized carbons (Fsp3) is 0.909.